The molecule has 0 amide bonds. The lowest BCUT2D eigenvalue weighted by Gasteiger charge is -2.36. The molecule has 0 aliphatic heterocycles. The lowest BCUT2D eigenvalue weighted by atomic mass is 9.67. The zero-order valence-corrected chi connectivity index (χ0v) is 16.9. The highest BCUT2D eigenvalue weighted by Crippen LogP contribution is 2.53. The molecule has 0 bridgehead atoms. The number of carbonyl (C=O) groups excluding carboxylic acids is 1. The maximum Gasteiger partial charge on any atom is 0.124 e. The fourth-order valence-corrected chi connectivity index (χ4v) is 4.77. The highest BCUT2D eigenvalue weighted by molar-refractivity contribution is 5.83. The zero-order valence-electron chi connectivity index (χ0n) is 16.9. The predicted octanol–water partition coefficient (Wildman–Crippen LogP) is 6.02. The van der Waals surface area contributed by atoms with Crippen LogP contribution in [-0.4, -0.2) is 20.0 Å². The molecule has 1 atom stereocenters. The van der Waals surface area contributed by atoms with Gasteiger partial charge in [0.15, 0.2) is 0 Å². The van der Waals surface area contributed by atoms with Gasteiger partial charge in [-0.1, -0.05) is 88.1 Å². The van der Waals surface area contributed by atoms with Gasteiger partial charge in [0.05, 0.1) is 12.0 Å². The molecule has 0 spiro atoms. The van der Waals surface area contributed by atoms with Crippen molar-refractivity contribution < 1.29 is 9.53 Å². The average Bonchev–Trinajstić information content (AvgIpc) is 2.96. The normalized spacial score (nSPS) is 15.4. The van der Waals surface area contributed by atoms with E-state index in [-0.39, 0.29) is 11.3 Å². The molecule has 0 heterocycles. The van der Waals surface area contributed by atoms with Crippen molar-refractivity contribution in [2.75, 3.05) is 13.7 Å². The van der Waals surface area contributed by atoms with Crippen molar-refractivity contribution in [2.45, 2.75) is 51.4 Å². The molecule has 1 aliphatic rings. The number of unbranched alkanes of at least 4 members (excludes halogenated alkanes) is 2. The Labute approximate surface area is 164 Å². The summed E-state index contributed by atoms with van der Waals surface area (Å²) in [5.74, 6) is 0.682. The fraction of sp³-hybridized carbons (Fsp3) is 0.480. The first-order valence-corrected chi connectivity index (χ1v) is 10.3. The second kappa shape index (κ2) is 8.84. The van der Waals surface area contributed by atoms with Crippen LogP contribution in [0.2, 0.25) is 0 Å². The van der Waals surface area contributed by atoms with Crippen LogP contribution < -0.4 is 0 Å². The number of ether oxygens (including phenoxy) is 1. The first-order chi connectivity index (χ1) is 13.1. The highest BCUT2D eigenvalue weighted by atomic mass is 16.5. The maximum absolute atomic E-state index is 12.3. The number of benzene rings is 2. The Bertz CT molecular complexity index is 717. The first kappa shape index (κ1) is 19.8. The minimum absolute atomic E-state index is 0.0682. The molecule has 3 rings (SSSR count). The van der Waals surface area contributed by atoms with Gasteiger partial charge >= 0.3 is 0 Å². The predicted molar refractivity (Wildman–Crippen MR) is 112 cm³/mol. The molecular formula is C25H32O2. The number of methoxy groups -OCH3 is 1. The smallest absolute Gasteiger partial charge is 0.124 e. The topological polar surface area (TPSA) is 26.3 Å². The first-order valence-electron chi connectivity index (χ1n) is 10.3. The van der Waals surface area contributed by atoms with Crippen molar-refractivity contribution in [2.24, 2.45) is 11.8 Å². The molecule has 0 saturated heterocycles. The molecule has 2 aromatic rings. The van der Waals surface area contributed by atoms with Gasteiger partial charge in [-0.3, -0.25) is 0 Å². The summed E-state index contributed by atoms with van der Waals surface area (Å²) in [4.78, 5) is 12.3. The van der Waals surface area contributed by atoms with Crippen LogP contribution in [0, 0.1) is 11.8 Å². The number of aldehydes is 1. The molecule has 2 nitrogen and oxygen atoms in total. The van der Waals surface area contributed by atoms with E-state index in [9.17, 15) is 4.79 Å². The summed E-state index contributed by atoms with van der Waals surface area (Å²) in [6.07, 6.45) is 6.88. The quantitative estimate of drug-likeness (QED) is 0.380. The van der Waals surface area contributed by atoms with Crippen LogP contribution in [0.3, 0.4) is 0 Å². The summed E-state index contributed by atoms with van der Waals surface area (Å²) in [6.45, 7) is 5.08. The largest absolute Gasteiger partial charge is 0.383 e. The third kappa shape index (κ3) is 3.73. The van der Waals surface area contributed by atoms with Crippen LogP contribution in [0.1, 0.15) is 57.1 Å². The Hall–Kier alpha value is -1.93. The molecular weight excluding hydrogens is 332 g/mol. The van der Waals surface area contributed by atoms with Crippen molar-refractivity contribution >= 4 is 6.29 Å². The standard InChI is InChI=1S/C25H32O2/c1-19(2)11-5-4-6-12-20(17-26)25(18-27-3)23-15-9-7-13-21(23)22-14-8-10-16-24(22)25/h7-10,13-17,19-20H,4-6,11-12,18H2,1-3H3. The number of hydrogen-bond donors (Lipinski definition) is 0. The van der Waals surface area contributed by atoms with E-state index in [1.807, 2.05) is 0 Å². The van der Waals surface area contributed by atoms with Gasteiger partial charge in [0, 0.05) is 13.0 Å². The molecule has 0 saturated carbocycles. The lowest BCUT2D eigenvalue weighted by molar-refractivity contribution is -0.113. The zero-order chi connectivity index (χ0) is 19.3. The molecule has 0 N–H and O–H groups in total. The molecule has 0 radical (unpaired) electrons. The van der Waals surface area contributed by atoms with E-state index < -0.39 is 0 Å². The molecule has 27 heavy (non-hydrogen) atoms. The van der Waals surface area contributed by atoms with Gasteiger partial charge in [-0.2, -0.15) is 0 Å². The van der Waals surface area contributed by atoms with E-state index in [2.05, 4.69) is 62.4 Å². The molecule has 2 heteroatoms. The molecule has 2 aromatic carbocycles. The van der Waals surface area contributed by atoms with Crippen LogP contribution in [0.5, 0.6) is 0 Å². The summed E-state index contributed by atoms with van der Waals surface area (Å²) in [7, 11) is 1.75. The van der Waals surface area contributed by atoms with Gasteiger partial charge in [-0.25, -0.2) is 0 Å². The molecule has 0 fully saturated rings. The summed E-state index contributed by atoms with van der Waals surface area (Å²) in [5, 5.41) is 0. The Kier molecular flexibility index (Phi) is 6.49. The van der Waals surface area contributed by atoms with E-state index in [0.29, 0.717) is 6.61 Å². The van der Waals surface area contributed by atoms with Crippen molar-refractivity contribution in [3.63, 3.8) is 0 Å². The number of fused-ring (bicyclic) bond motifs is 3. The number of rotatable bonds is 10. The number of carbonyl (C=O) groups is 1. The third-order valence-corrected chi connectivity index (χ3v) is 6.07. The van der Waals surface area contributed by atoms with E-state index >= 15 is 0 Å². The van der Waals surface area contributed by atoms with Gasteiger partial charge in [-0.05, 0) is 34.6 Å². The van der Waals surface area contributed by atoms with Crippen LogP contribution in [-0.2, 0) is 14.9 Å². The Morgan fingerprint density at radius 2 is 1.44 bits per heavy atom. The summed E-state index contributed by atoms with van der Waals surface area (Å²) >= 11 is 0. The van der Waals surface area contributed by atoms with Crippen molar-refractivity contribution in [3.05, 3.63) is 59.7 Å². The molecule has 144 valence electrons. The van der Waals surface area contributed by atoms with E-state index in [1.54, 1.807) is 7.11 Å². The summed E-state index contributed by atoms with van der Waals surface area (Å²) in [6, 6.07) is 17.1. The van der Waals surface area contributed by atoms with Crippen LogP contribution in [0.15, 0.2) is 48.5 Å². The van der Waals surface area contributed by atoms with Crippen molar-refractivity contribution in [1.82, 2.24) is 0 Å². The molecule has 0 aromatic heterocycles. The molecule has 1 aliphatic carbocycles. The summed E-state index contributed by atoms with van der Waals surface area (Å²) in [5.41, 5.74) is 4.61. The monoisotopic (exact) mass is 364 g/mol. The SMILES string of the molecule is COCC1(C(C=O)CCCCCC(C)C)c2ccccc2-c2ccccc21. The average molecular weight is 365 g/mol. The van der Waals surface area contributed by atoms with Crippen LogP contribution in [0.25, 0.3) is 11.1 Å². The van der Waals surface area contributed by atoms with E-state index in [1.165, 1.54) is 47.8 Å². The Morgan fingerprint density at radius 1 is 0.889 bits per heavy atom. The van der Waals surface area contributed by atoms with Crippen LogP contribution in [0.4, 0.5) is 0 Å². The Balaban J connectivity index is 1.93. The molecule has 1 unspecified atom stereocenters. The maximum atomic E-state index is 12.3. The van der Waals surface area contributed by atoms with Gasteiger partial charge in [0.25, 0.3) is 0 Å². The minimum Gasteiger partial charge on any atom is -0.383 e. The van der Waals surface area contributed by atoms with Crippen molar-refractivity contribution in [1.29, 1.82) is 0 Å². The third-order valence-electron chi connectivity index (χ3n) is 6.07. The summed E-state index contributed by atoms with van der Waals surface area (Å²) < 4.78 is 5.73. The highest BCUT2D eigenvalue weighted by Gasteiger charge is 2.48. The van der Waals surface area contributed by atoms with Crippen molar-refractivity contribution in [3.8, 4) is 11.1 Å². The second-order valence-electron chi connectivity index (χ2n) is 8.27. The van der Waals surface area contributed by atoms with Gasteiger partial charge < -0.3 is 9.53 Å². The van der Waals surface area contributed by atoms with Crippen LogP contribution >= 0.6 is 0 Å². The second-order valence-corrected chi connectivity index (χ2v) is 8.27. The fourth-order valence-electron chi connectivity index (χ4n) is 4.77. The van der Waals surface area contributed by atoms with E-state index in [0.717, 1.165) is 18.8 Å². The Morgan fingerprint density at radius 3 is 1.96 bits per heavy atom. The number of hydrogen-bond acceptors (Lipinski definition) is 2. The van der Waals surface area contributed by atoms with Gasteiger partial charge in [0.2, 0.25) is 0 Å². The van der Waals surface area contributed by atoms with Gasteiger partial charge in [-0.15, -0.1) is 0 Å². The van der Waals surface area contributed by atoms with E-state index in [4.69, 9.17) is 4.74 Å². The lowest BCUT2D eigenvalue weighted by Crippen LogP contribution is -2.40. The minimum atomic E-state index is -0.373. The van der Waals surface area contributed by atoms with Gasteiger partial charge in [0.1, 0.15) is 6.29 Å².